The first-order chi connectivity index (χ1) is 12.5. The molecular weight excluding hydrogens is 324 g/mol. The average Bonchev–Trinajstić information content (AvgIpc) is 2.65. The van der Waals surface area contributed by atoms with Crippen molar-refractivity contribution < 1.29 is 9.59 Å². The lowest BCUT2D eigenvalue weighted by atomic mass is 9.96. The second kappa shape index (κ2) is 8.17. The van der Waals surface area contributed by atoms with Gasteiger partial charge in [0.25, 0.3) is 0 Å². The van der Waals surface area contributed by atoms with Gasteiger partial charge in [-0.05, 0) is 49.4 Å². The van der Waals surface area contributed by atoms with Gasteiger partial charge in [0.1, 0.15) is 0 Å². The number of rotatable bonds is 4. The molecule has 2 aromatic rings. The smallest absolute Gasteiger partial charge is 0.229 e. The summed E-state index contributed by atoms with van der Waals surface area (Å²) in [5.74, 6) is -0.0419. The van der Waals surface area contributed by atoms with Crippen molar-refractivity contribution in [1.29, 1.82) is 0 Å². The van der Waals surface area contributed by atoms with E-state index < -0.39 is 0 Å². The highest BCUT2D eigenvalue weighted by atomic mass is 16.2. The van der Waals surface area contributed by atoms with Crippen LogP contribution in [0.2, 0.25) is 0 Å². The summed E-state index contributed by atoms with van der Waals surface area (Å²) in [6.07, 6.45) is 2.09. The van der Waals surface area contributed by atoms with Crippen molar-refractivity contribution in [3.05, 3.63) is 65.2 Å². The Morgan fingerprint density at radius 3 is 2.65 bits per heavy atom. The summed E-state index contributed by atoms with van der Waals surface area (Å²) in [5.41, 5.74) is 4.05. The van der Waals surface area contributed by atoms with E-state index in [9.17, 15) is 9.59 Å². The SMILES string of the molecule is Cc1ccc(C)c(NC(=O)C2CCCN(C(=O)Cc3ccccc3)C2)c1. The van der Waals surface area contributed by atoms with E-state index in [2.05, 4.69) is 5.32 Å². The number of nitrogens with zero attached hydrogens (tertiary/aromatic N) is 1. The lowest BCUT2D eigenvalue weighted by molar-refractivity contribution is -0.133. The van der Waals surface area contributed by atoms with Gasteiger partial charge in [-0.1, -0.05) is 42.5 Å². The first-order valence-electron chi connectivity index (χ1n) is 9.23. The van der Waals surface area contributed by atoms with Gasteiger partial charge in [0.15, 0.2) is 0 Å². The number of anilines is 1. The number of nitrogens with one attached hydrogen (secondary N) is 1. The molecule has 0 bridgehead atoms. The van der Waals surface area contributed by atoms with Crippen molar-refractivity contribution in [2.24, 2.45) is 5.92 Å². The molecule has 0 aliphatic carbocycles. The van der Waals surface area contributed by atoms with Gasteiger partial charge in [-0.25, -0.2) is 0 Å². The van der Waals surface area contributed by atoms with Crippen LogP contribution in [0.3, 0.4) is 0 Å². The summed E-state index contributed by atoms with van der Waals surface area (Å²) >= 11 is 0. The maximum absolute atomic E-state index is 12.7. The fourth-order valence-corrected chi connectivity index (χ4v) is 3.41. The van der Waals surface area contributed by atoms with Crippen LogP contribution >= 0.6 is 0 Å². The molecular formula is C22H26N2O2. The molecule has 1 N–H and O–H groups in total. The molecule has 1 unspecified atom stereocenters. The Morgan fingerprint density at radius 2 is 1.88 bits per heavy atom. The molecule has 1 aliphatic heterocycles. The normalized spacial score (nSPS) is 17.0. The zero-order chi connectivity index (χ0) is 18.5. The van der Waals surface area contributed by atoms with Crippen LogP contribution in [0.25, 0.3) is 0 Å². The van der Waals surface area contributed by atoms with E-state index >= 15 is 0 Å². The maximum Gasteiger partial charge on any atom is 0.229 e. The number of likely N-dealkylation sites (tertiary alicyclic amines) is 1. The Kier molecular flexibility index (Phi) is 5.71. The van der Waals surface area contributed by atoms with Crippen LogP contribution in [0, 0.1) is 19.8 Å². The second-order valence-electron chi connectivity index (χ2n) is 7.15. The Balaban J connectivity index is 1.61. The zero-order valence-electron chi connectivity index (χ0n) is 15.5. The highest BCUT2D eigenvalue weighted by molar-refractivity contribution is 5.94. The topological polar surface area (TPSA) is 49.4 Å². The van der Waals surface area contributed by atoms with Crippen LogP contribution in [0.1, 0.15) is 29.5 Å². The van der Waals surface area contributed by atoms with Gasteiger partial charge in [-0.2, -0.15) is 0 Å². The van der Waals surface area contributed by atoms with Crippen molar-refractivity contribution in [3.63, 3.8) is 0 Å². The van der Waals surface area contributed by atoms with Gasteiger partial charge in [0.2, 0.25) is 11.8 Å². The number of carbonyl (C=O) groups excluding carboxylic acids is 2. The van der Waals surface area contributed by atoms with Crippen LogP contribution in [0.15, 0.2) is 48.5 Å². The first kappa shape index (κ1) is 18.2. The summed E-state index contributed by atoms with van der Waals surface area (Å²) < 4.78 is 0. The number of hydrogen-bond donors (Lipinski definition) is 1. The molecule has 1 heterocycles. The average molecular weight is 350 g/mol. The third kappa shape index (κ3) is 4.51. The summed E-state index contributed by atoms with van der Waals surface area (Å²) in [6, 6.07) is 15.8. The number of aryl methyl sites for hydroxylation is 2. The number of carbonyl (C=O) groups is 2. The van der Waals surface area contributed by atoms with E-state index in [1.807, 2.05) is 67.3 Å². The van der Waals surface area contributed by atoms with Crippen LogP contribution in [-0.2, 0) is 16.0 Å². The van der Waals surface area contributed by atoms with Crippen LogP contribution in [0.4, 0.5) is 5.69 Å². The molecule has 4 nitrogen and oxygen atoms in total. The molecule has 0 aromatic heterocycles. The third-order valence-electron chi connectivity index (χ3n) is 4.99. The molecule has 1 aliphatic rings. The molecule has 1 saturated heterocycles. The fraction of sp³-hybridized carbons (Fsp3) is 0.364. The zero-order valence-corrected chi connectivity index (χ0v) is 15.5. The predicted molar refractivity (Wildman–Crippen MR) is 104 cm³/mol. The Bertz CT molecular complexity index is 786. The lowest BCUT2D eigenvalue weighted by Gasteiger charge is -2.32. The molecule has 2 amide bonds. The van der Waals surface area contributed by atoms with E-state index in [1.54, 1.807) is 0 Å². The molecule has 1 atom stereocenters. The largest absolute Gasteiger partial charge is 0.342 e. The fourth-order valence-electron chi connectivity index (χ4n) is 3.41. The monoisotopic (exact) mass is 350 g/mol. The van der Waals surface area contributed by atoms with Gasteiger partial charge in [-0.3, -0.25) is 9.59 Å². The molecule has 0 spiro atoms. The molecule has 136 valence electrons. The molecule has 4 heteroatoms. The van der Waals surface area contributed by atoms with Gasteiger partial charge >= 0.3 is 0 Å². The van der Waals surface area contributed by atoms with Crippen LogP contribution in [0.5, 0.6) is 0 Å². The Morgan fingerprint density at radius 1 is 1.12 bits per heavy atom. The molecule has 3 rings (SSSR count). The van der Waals surface area contributed by atoms with E-state index in [1.165, 1.54) is 0 Å². The summed E-state index contributed by atoms with van der Waals surface area (Å²) in [4.78, 5) is 27.1. The van der Waals surface area contributed by atoms with Crippen molar-refractivity contribution in [1.82, 2.24) is 4.90 Å². The predicted octanol–water partition coefficient (Wildman–Crippen LogP) is 3.72. The van der Waals surface area contributed by atoms with E-state index in [4.69, 9.17) is 0 Å². The highest BCUT2D eigenvalue weighted by Crippen LogP contribution is 2.22. The summed E-state index contributed by atoms with van der Waals surface area (Å²) in [5, 5.41) is 3.05. The van der Waals surface area contributed by atoms with Gasteiger partial charge < -0.3 is 10.2 Å². The number of benzene rings is 2. The molecule has 1 fully saturated rings. The third-order valence-corrected chi connectivity index (χ3v) is 4.99. The van der Waals surface area contributed by atoms with E-state index in [-0.39, 0.29) is 17.7 Å². The van der Waals surface area contributed by atoms with Crippen molar-refractivity contribution in [2.75, 3.05) is 18.4 Å². The molecule has 26 heavy (non-hydrogen) atoms. The minimum Gasteiger partial charge on any atom is -0.342 e. The second-order valence-corrected chi connectivity index (χ2v) is 7.15. The quantitative estimate of drug-likeness (QED) is 0.913. The van der Waals surface area contributed by atoms with Crippen molar-refractivity contribution in [3.8, 4) is 0 Å². The summed E-state index contributed by atoms with van der Waals surface area (Å²) in [7, 11) is 0. The van der Waals surface area contributed by atoms with Gasteiger partial charge in [-0.15, -0.1) is 0 Å². The van der Waals surface area contributed by atoms with Crippen molar-refractivity contribution >= 4 is 17.5 Å². The first-order valence-corrected chi connectivity index (χ1v) is 9.23. The minimum atomic E-state index is -0.150. The minimum absolute atomic E-state index is 0.0101. The van der Waals surface area contributed by atoms with Crippen molar-refractivity contribution in [2.45, 2.75) is 33.1 Å². The van der Waals surface area contributed by atoms with E-state index in [0.29, 0.717) is 13.0 Å². The van der Waals surface area contributed by atoms with Crippen LogP contribution < -0.4 is 5.32 Å². The molecule has 0 radical (unpaired) electrons. The summed E-state index contributed by atoms with van der Waals surface area (Å²) in [6.45, 7) is 5.24. The van der Waals surface area contributed by atoms with Crippen LogP contribution in [-0.4, -0.2) is 29.8 Å². The van der Waals surface area contributed by atoms with Gasteiger partial charge in [0, 0.05) is 18.8 Å². The number of piperidine rings is 1. The lowest BCUT2D eigenvalue weighted by Crippen LogP contribution is -2.44. The molecule has 2 aromatic carbocycles. The standard InChI is InChI=1S/C22H26N2O2/c1-16-10-11-17(2)20(13-16)23-22(26)19-9-6-12-24(15-19)21(25)14-18-7-4-3-5-8-18/h3-5,7-8,10-11,13,19H,6,9,12,14-15H2,1-2H3,(H,23,26). The molecule has 0 saturated carbocycles. The Labute approximate surface area is 155 Å². The highest BCUT2D eigenvalue weighted by Gasteiger charge is 2.28. The number of hydrogen-bond acceptors (Lipinski definition) is 2. The van der Waals surface area contributed by atoms with Gasteiger partial charge in [0.05, 0.1) is 12.3 Å². The maximum atomic E-state index is 12.7. The Hall–Kier alpha value is -2.62. The number of amides is 2. The van der Waals surface area contributed by atoms with E-state index in [0.717, 1.165) is 41.8 Å².